The molecule has 2 aromatic rings. The lowest BCUT2D eigenvalue weighted by Gasteiger charge is -2.40. The quantitative estimate of drug-likeness (QED) is 0.714. The summed E-state index contributed by atoms with van der Waals surface area (Å²) in [5.41, 5.74) is 1.63. The Morgan fingerprint density at radius 3 is 2.54 bits per heavy atom. The maximum absolute atomic E-state index is 12.9. The minimum absolute atomic E-state index is 0.0308. The molecule has 5 heteroatoms. The third-order valence-corrected chi connectivity index (χ3v) is 7.36. The third-order valence-electron chi connectivity index (χ3n) is 6.19. The van der Waals surface area contributed by atoms with Crippen LogP contribution in [0.5, 0.6) is 0 Å². The molecule has 0 aliphatic carbocycles. The number of Topliss-reactive ketones (excluding diaryl/α,β-unsaturated/α-hetero) is 1. The summed E-state index contributed by atoms with van der Waals surface area (Å²) in [7, 11) is 0. The van der Waals surface area contributed by atoms with Crippen LogP contribution in [0.15, 0.2) is 42.5 Å². The average Bonchev–Trinajstić information content (AvgIpc) is 3.35. The van der Waals surface area contributed by atoms with Gasteiger partial charge < -0.3 is 9.80 Å². The molecular formula is C23H28N2O2S. The Labute approximate surface area is 171 Å². The first-order valence-corrected chi connectivity index (χ1v) is 11.0. The summed E-state index contributed by atoms with van der Waals surface area (Å²) in [6.07, 6.45) is 4.60. The Morgan fingerprint density at radius 2 is 1.79 bits per heavy atom. The number of nitrogens with zero attached hydrogens (tertiary/aromatic N) is 2. The fraction of sp³-hybridized carbons (Fsp3) is 0.478. The lowest BCUT2D eigenvalue weighted by molar-refractivity contribution is 0.0696. The van der Waals surface area contributed by atoms with Crippen molar-refractivity contribution in [1.29, 1.82) is 0 Å². The molecule has 4 rings (SSSR count). The lowest BCUT2D eigenvalue weighted by Crippen LogP contribution is -2.45. The highest BCUT2D eigenvalue weighted by Crippen LogP contribution is 2.39. The second-order valence-electron chi connectivity index (χ2n) is 8.31. The number of hydrogen-bond donors (Lipinski definition) is 0. The standard InChI is InChI=1S/C23H28N2O2S/c1-18(26)20-8-9-21(28-20)22(27)25-15-12-23(17-25)11-5-13-24(16-23)14-10-19-6-3-2-4-7-19/h2-4,6-9H,5,10-17H2,1H3/t23-/m1/s1. The van der Waals surface area contributed by atoms with Crippen LogP contribution in [0.3, 0.4) is 0 Å². The predicted molar refractivity (Wildman–Crippen MR) is 113 cm³/mol. The second-order valence-corrected chi connectivity index (χ2v) is 9.40. The van der Waals surface area contributed by atoms with E-state index in [0.717, 1.165) is 45.6 Å². The number of carbonyl (C=O) groups is 2. The molecule has 3 heterocycles. The van der Waals surface area contributed by atoms with Gasteiger partial charge in [-0.05, 0) is 56.8 Å². The minimum Gasteiger partial charge on any atom is -0.337 e. The van der Waals surface area contributed by atoms with E-state index in [9.17, 15) is 9.59 Å². The van der Waals surface area contributed by atoms with Gasteiger partial charge in [-0.2, -0.15) is 0 Å². The van der Waals surface area contributed by atoms with Gasteiger partial charge >= 0.3 is 0 Å². The zero-order valence-electron chi connectivity index (χ0n) is 16.5. The third kappa shape index (κ3) is 4.20. The predicted octanol–water partition coefficient (Wildman–Crippen LogP) is 4.12. The van der Waals surface area contributed by atoms with Gasteiger partial charge in [0, 0.05) is 31.6 Å². The molecule has 148 valence electrons. The fourth-order valence-corrected chi connectivity index (χ4v) is 5.54. The van der Waals surface area contributed by atoms with Gasteiger partial charge in [0.25, 0.3) is 5.91 Å². The number of carbonyl (C=O) groups excluding carboxylic acids is 2. The summed E-state index contributed by atoms with van der Waals surface area (Å²) in [6.45, 7) is 6.57. The summed E-state index contributed by atoms with van der Waals surface area (Å²) >= 11 is 1.33. The number of rotatable bonds is 5. The SMILES string of the molecule is CC(=O)c1ccc(C(=O)N2CC[C@@]3(CCCN(CCc4ccccc4)C3)C2)s1. The van der Waals surface area contributed by atoms with E-state index in [-0.39, 0.29) is 17.1 Å². The van der Waals surface area contributed by atoms with Crippen LogP contribution in [0, 0.1) is 5.41 Å². The van der Waals surface area contributed by atoms with E-state index in [1.54, 1.807) is 13.0 Å². The van der Waals surface area contributed by atoms with E-state index in [1.165, 1.54) is 29.7 Å². The van der Waals surface area contributed by atoms with Crippen LogP contribution in [0.4, 0.5) is 0 Å². The van der Waals surface area contributed by atoms with Crippen LogP contribution >= 0.6 is 11.3 Å². The molecule has 2 aliphatic heterocycles. The number of benzene rings is 1. The first-order valence-electron chi connectivity index (χ1n) is 10.2. The Hall–Kier alpha value is -1.98. The van der Waals surface area contributed by atoms with Crippen LogP contribution in [-0.4, -0.2) is 54.2 Å². The Balaban J connectivity index is 1.36. The average molecular weight is 397 g/mol. The number of piperidine rings is 1. The molecular weight excluding hydrogens is 368 g/mol. The van der Waals surface area contributed by atoms with Gasteiger partial charge in [0.2, 0.25) is 0 Å². The number of amides is 1. The smallest absolute Gasteiger partial charge is 0.263 e. The maximum Gasteiger partial charge on any atom is 0.263 e. The molecule has 2 aliphatic rings. The van der Waals surface area contributed by atoms with Crippen molar-refractivity contribution in [1.82, 2.24) is 9.80 Å². The second kappa shape index (κ2) is 8.18. The highest BCUT2D eigenvalue weighted by Gasteiger charge is 2.42. The molecule has 2 saturated heterocycles. The van der Waals surface area contributed by atoms with Gasteiger partial charge in [0.1, 0.15) is 0 Å². The highest BCUT2D eigenvalue weighted by molar-refractivity contribution is 7.15. The van der Waals surface area contributed by atoms with Crippen molar-refractivity contribution in [2.45, 2.75) is 32.6 Å². The van der Waals surface area contributed by atoms with Crippen molar-refractivity contribution >= 4 is 23.0 Å². The first-order chi connectivity index (χ1) is 13.5. The molecule has 2 fully saturated rings. The fourth-order valence-electron chi connectivity index (χ4n) is 4.67. The van der Waals surface area contributed by atoms with Gasteiger partial charge in [-0.15, -0.1) is 11.3 Å². The van der Waals surface area contributed by atoms with Gasteiger partial charge in [-0.3, -0.25) is 9.59 Å². The Bertz CT molecular complexity index is 847. The van der Waals surface area contributed by atoms with Crippen LogP contribution in [0.25, 0.3) is 0 Å². The van der Waals surface area contributed by atoms with Gasteiger partial charge in [-0.1, -0.05) is 30.3 Å². The number of hydrogen-bond acceptors (Lipinski definition) is 4. The zero-order valence-corrected chi connectivity index (χ0v) is 17.3. The van der Waals surface area contributed by atoms with Crippen LogP contribution < -0.4 is 0 Å². The Kier molecular flexibility index (Phi) is 5.65. The molecule has 1 aromatic heterocycles. The zero-order chi connectivity index (χ0) is 19.6. The molecule has 1 spiro atoms. The van der Waals surface area contributed by atoms with E-state index in [4.69, 9.17) is 0 Å². The van der Waals surface area contributed by atoms with Crippen molar-refractivity contribution in [3.63, 3.8) is 0 Å². The molecule has 0 N–H and O–H groups in total. The van der Waals surface area contributed by atoms with Crippen molar-refractivity contribution in [3.8, 4) is 0 Å². The van der Waals surface area contributed by atoms with Gasteiger partial charge in [-0.25, -0.2) is 0 Å². The number of likely N-dealkylation sites (tertiary alicyclic amines) is 2. The van der Waals surface area contributed by atoms with E-state index in [2.05, 4.69) is 35.2 Å². The summed E-state index contributed by atoms with van der Waals surface area (Å²) in [5, 5.41) is 0. The summed E-state index contributed by atoms with van der Waals surface area (Å²) in [5.74, 6) is 0.124. The number of thiophene rings is 1. The Morgan fingerprint density at radius 1 is 1.00 bits per heavy atom. The monoisotopic (exact) mass is 396 g/mol. The summed E-state index contributed by atoms with van der Waals surface area (Å²) < 4.78 is 0. The maximum atomic E-state index is 12.9. The molecule has 0 unspecified atom stereocenters. The van der Waals surface area contributed by atoms with Crippen molar-refractivity contribution in [2.24, 2.45) is 5.41 Å². The van der Waals surface area contributed by atoms with E-state index in [0.29, 0.717) is 9.75 Å². The van der Waals surface area contributed by atoms with E-state index < -0.39 is 0 Å². The lowest BCUT2D eigenvalue weighted by atomic mass is 9.79. The minimum atomic E-state index is 0.0308. The molecule has 1 atom stereocenters. The molecule has 1 aromatic carbocycles. The molecule has 0 saturated carbocycles. The summed E-state index contributed by atoms with van der Waals surface area (Å²) in [4.78, 5) is 30.4. The van der Waals surface area contributed by atoms with E-state index in [1.807, 2.05) is 11.0 Å². The molecule has 1 amide bonds. The number of ketones is 1. The largest absolute Gasteiger partial charge is 0.337 e. The highest BCUT2D eigenvalue weighted by atomic mass is 32.1. The van der Waals surface area contributed by atoms with Crippen LogP contribution in [0.1, 0.15) is 51.1 Å². The molecule has 0 radical (unpaired) electrons. The summed E-state index contributed by atoms with van der Waals surface area (Å²) in [6, 6.07) is 14.3. The van der Waals surface area contributed by atoms with Gasteiger partial charge in [0.05, 0.1) is 9.75 Å². The molecule has 28 heavy (non-hydrogen) atoms. The topological polar surface area (TPSA) is 40.6 Å². The van der Waals surface area contributed by atoms with Crippen LogP contribution in [-0.2, 0) is 6.42 Å². The first kappa shape index (κ1) is 19.3. The molecule has 4 nitrogen and oxygen atoms in total. The molecule has 0 bridgehead atoms. The van der Waals surface area contributed by atoms with E-state index >= 15 is 0 Å². The van der Waals surface area contributed by atoms with Crippen LogP contribution in [0.2, 0.25) is 0 Å². The van der Waals surface area contributed by atoms with Crippen molar-refractivity contribution < 1.29 is 9.59 Å². The van der Waals surface area contributed by atoms with Gasteiger partial charge in [0.15, 0.2) is 5.78 Å². The van der Waals surface area contributed by atoms with Crippen molar-refractivity contribution in [2.75, 3.05) is 32.7 Å². The normalized spacial score (nSPS) is 22.7. The van der Waals surface area contributed by atoms with Crippen molar-refractivity contribution in [3.05, 3.63) is 57.8 Å².